The third-order valence-corrected chi connectivity index (χ3v) is 3.19. The quantitative estimate of drug-likeness (QED) is 0.849. The van der Waals surface area contributed by atoms with E-state index in [9.17, 15) is 9.59 Å². The number of nitrogens with zero attached hydrogens (tertiary/aromatic N) is 2. The molecule has 0 radical (unpaired) electrons. The molecule has 1 saturated carbocycles. The standard InChI is InChI=1S/C13H18N2O4/c1-8(2)15(6-5-12(16)17)13(18)11-7-10(14-19-11)9-3-4-9/h7-9H,3-6H2,1-2H3,(H,16,17). The molecular formula is C13H18N2O4. The zero-order valence-corrected chi connectivity index (χ0v) is 11.1. The van der Waals surface area contributed by atoms with Crippen molar-refractivity contribution in [3.05, 3.63) is 17.5 Å². The second kappa shape index (κ2) is 5.42. The van der Waals surface area contributed by atoms with Gasteiger partial charge in [0.2, 0.25) is 5.76 Å². The molecule has 104 valence electrons. The molecule has 19 heavy (non-hydrogen) atoms. The summed E-state index contributed by atoms with van der Waals surface area (Å²) in [6.07, 6.45) is 2.10. The maximum atomic E-state index is 12.3. The Morgan fingerprint density at radius 3 is 2.74 bits per heavy atom. The number of carbonyl (C=O) groups excluding carboxylic acids is 1. The number of hydrogen-bond donors (Lipinski definition) is 1. The Hall–Kier alpha value is -1.85. The number of hydrogen-bond acceptors (Lipinski definition) is 4. The molecule has 1 amide bonds. The summed E-state index contributed by atoms with van der Waals surface area (Å²) in [5.74, 6) is -0.594. The Balaban J connectivity index is 2.06. The Morgan fingerprint density at radius 1 is 1.53 bits per heavy atom. The highest BCUT2D eigenvalue weighted by Crippen LogP contribution is 2.39. The van der Waals surface area contributed by atoms with Crippen LogP contribution < -0.4 is 0 Å². The van der Waals surface area contributed by atoms with Crippen LogP contribution in [0.15, 0.2) is 10.6 Å². The summed E-state index contributed by atoms with van der Waals surface area (Å²) in [5, 5.41) is 12.6. The van der Waals surface area contributed by atoms with Crippen LogP contribution >= 0.6 is 0 Å². The average molecular weight is 266 g/mol. The highest BCUT2D eigenvalue weighted by molar-refractivity contribution is 5.92. The molecule has 1 aromatic heterocycles. The molecule has 0 aliphatic heterocycles. The van der Waals surface area contributed by atoms with Crippen molar-refractivity contribution < 1.29 is 19.2 Å². The van der Waals surface area contributed by atoms with Gasteiger partial charge in [0.15, 0.2) is 0 Å². The first-order chi connectivity index (χ1) is 8.99. The van der Waals surface area contributed by atoms with Crippen LogP contribution in [-0.4, -0.2) is 39.6 Å². The molecule has 6 heteroatoms. The summed E-state index contributed by atoms with van der Waals surface area (Å²) in [4.78, 5) is 24.4. The number of amides is 1. The van der Waals surface area contributed by atoms with Gasteiger partial charge in [0.1, 0.15) is 0 Å². The summed E-state index contributed by atoms with van der Waals surface area (Å²) in [6.45, 7) is 3.86. The summed E-state index contributed by atoms with van der Waals surface area (Å²) >= 11 is 0. The van der Waals surface area contributed by atoms with Gasteiger partial charge in [-0.15, -0.1) is 0 Å². The topological polar surface area (TPSA) is 83.6 Å². The number of carbonyl (C=O) groups is 2. The molecular weight excluding hydrogens is 248 g/mol. The van der Waals surface area contributed by atoms with Crippen LogP contribution in [-0.2, 0) is 4.79 Å². The lowest BCUT2D eigenvalue weighted by Gasteiger charge is -2.24. The van der Waals surface area contributed by atoms with Gasteiger partial charge in [-0.2, -0.15) is 0 Å². The first kappa shape index (κ1) is 13.6. The summed E-state index contributed by atoms with van der Waals surface area (Å²) < 4.78 is 5.08. The lowest BCUT2D eigenvalue weighted by molar-refractivity contribution is -0.137. The highest BCUT2D eigenvalue weighted by Gasteiger charge is 2.30. The van der Waals surface area contributed by atoms with Crippen molar-refractivity contribution in [2.45, 2.75) is 45.1 Å². The maximum Gasteiger partial charge on any atom is 0.305 e. The second-order valence-corrected chi connectivity index (χ2v) is 5.13. The molecule has 1 fully saturated rings. The van der Waals surface area contributed by atoms with Crippen LogP contribution in [0.1, 0.15) is 55.3 Å². The van der Waals surface area contributed by atoms with Crippen LogP contribution in [0.5, 0.6) is 0 Å². The van der Waals surface area contributed by atoms with Crippen LogP contribution in [0.2, 0.25) is 0 Å². The number of aromatic nitrogens is 1. The molecule has 1 aromatic rings. The Labute approximate surface area is 111 Å². The summed E-state index contributed by atoms with van der Waals surface area (Å²) in [7, 11) is 0. The zero-order chi connectivity index (χ0) is 14.0. The van der Waals surface area contributed by atoms with Crippen molar-refractivity contribution in [2.24, 2.45) is 0 Å². The van der Waals surface area contributed by atoms with E-state index in [1.807, 2.05) is 13.8 Å². The maximum absolute atomic E-state index is 12.3. The van der Waals surface area contributed by atoms with Crippen molar-refractivity contribution in [1.29, 1.82) is 0 Å². The lowest BCUT2D eigenvalue weighted by atomic mass is 10.2. The third kappa shape index (κ3) is 3.33. The first-order valence-corrected chi connectivity index (χ1v) is 6.48. The van der Waals surface area contributed by atoms with Gasteiger partial charge in [0, 0.05) is 24.6 Å². The first-order valence-electron chi connectivity index (χ1n) is 6.48. The van der Waals surface area contributed by atoms with Crippen molar-refractivity contribution in [1.82, 2.24) is 10.1 Å². The minimum atomic E-state index is -0.922. The molecule has 2 rings (SSSR count). The fraction of sp³-hybridized carbons (Fsp3) is 0.615. The SMILES string of the molecule is CC(C)N(CCC(=O)O)C(=O)c1cc(C2CC2)no1. The van der Waals surface area contributed by atoms with Crippen molar-refractivity contribution in [2.75, 3.05) is 6.54 Å². The van der Waals surface area contributed by atoms with Crippen LogP contribution in [0.3, 0.4) is 0 Å². The van der Waals surface area contributed by atoms with Crippen LogP contribution in [0, 0.1) is 0 Å². The Morgan fingerprint density at radius 2 is 2.21 bits per heavy atom. The van der Waals surface area contributed by atoms with E-state index in [1.165, 1.54) is 4.90 Å². The van der Waals surface area contributed by atoms with Gasteiger partial charge in [-0.3, -0.25) is 9.59 Å². The number of aliphatic carboxylic acids is 1. The van der Waals surface area contributed by atoms with Crippen molar-refractivity contribution in [3.8, 4) is 0 Å². The predicted octanol–water partition coefficient (Wildman–Crippen LogP) is 1.88. The molecule has 0 saturated heterocycles. The highest BCUT2D eigenvalue weighted by atomic mass is 16.5. The number of carboxylic acid groups (broad SMARTS) is 1. The van der Waals surface area contributed by atoms with E-state index in [0.717, 1.165) is 18.5 Å². The van der Waals surface area contributed by atoms with Gasteiger partial charge >= 0.3 is 5.97 Å². The largest absolute Gasteiger partial charge is 0.481 e. The molecule has 0 bridgehead atoms. The fourth-order valence-electron chi connectivity index (χ4n) is 1.91. The molecule has 0 atom stereocenters. The predicted molar refractivity (Wildman–Crippen MR) is 66.9 cm³/mol. The number of rotatable bonds is 6. The molecule has 1 aliphatic carbocycles. The van der Waals surface area contributed by atoms with Crippen molar-refractivity contribution in [3.63, 3.8) is 0 Å². The summed E-state index contributed by atoms with van der Waals surface area (Å²) in [6, 6.07) is 1.59. The zero-order valence-electron chi connectivity index (χ0n) is 11.1. The van der Waals surface area contributed by atoms with Crippen LogP contribution in [0.25, 0.3) is 0 Å². The van der Waals surface area contributed by atoms with Crippen molar-refractivity contribution >= 4 is 11.9 Å². The van der Waals surface area contributed by atoms with E-state index >= 15 is 0 Å². The summed E-state index contributed by atoms with van der Waals surface area (Å²) in [5.41, 5.74) is 0.824. The Kier molecular flexibility index (Phi) is 3.87. The third-order valence-electron chi connectivity index (χ3n) is 3.19. The van der Waals surface area contributed by atoms with E-state index in [0.29, 0.717) is 5.92 Å². The molecule has 0 aromatic carbocycles. The minimum Gasteiger partial charge on any atom is -0.481 e. The molecule has 0 spiro atoms. The van der Waals surface area contributed by atoms with Gasteiger partial charge in [0.25, 0.3) is 5.91 Å². The van der Waals surface area contributed by atoms with Gasteiger partial charge in [-0.05, 0) is 26.7 Å². The smallest absolute Gasteiger partial charge is 0.305 e. The second-order valence-electron chi connectivity index (χ2n) is 5.13. The molecule has 0 unspecified atom stereocenters. The fourth-order valence-corrected chi connectivity index (χ4v) is 1.91. The van der Waals surface area contributed by atoms with Gasteiger partial charge in [-0.1, -0.05) is 5.16 Å². The monoisotopic (exact) mass is 266 g/mol. The average Bonchev–Trinajstić information content (AvgIpc) is 3.06. The van der Waals surface area contributed by atoms with Gasteiger partial charge in [-0.25, -0.2) is 0 Å². The van der Waals surface area contributed by atoms with E-state index in [1.54, 1.807) is 6.07 Å². The van der Waals surface area contributed by atoms with Crippen LogP contribution in [0.4, 0.5) is 0 Å². The molecule has 6 nitrogen and oxygen atoms in total. The van der Waals surface area contributed by atoms with Gasteiger partial charge < -0.3 is 14.5 Å². The molecule has 1 aliphatic rings. The number of carboxylic acids is 1. The van der Waals surface area contributed by atoms with E-state index in [4.69, 9.17) is 9.63 Å². The molecule has 1 N–H and O–H groups in total. The Bertz CT molecular complexity index is 477. The van der Waals surface area contributed by atoms with E-state index in [2.05, 4.69) is 5.16 Å². The lowest BCUT2D eigenvalue weighted by Crippen LogP contribution is -2.38. The van der Waals surface area contributed by atoms with Gasteiger partial charge in [0.05, 0.1) is 12.1 Å². The minimum absolute atomic E-state index is 0.0759. The normalized spacial score (nSPS) is 14.7. The molecule has 1 heterocycles. The van der Waals surface area contributed by atoms with E-state index < -0.39 is 5.97 Å². The van der Waals surface area contributed by atoms with E-state index in [-0.39, 0.29) is 30.7 Å².